The zero-order valence-electron chi connectivity index (χ0n) is 13.4. The van der Waals surface area contributed by atoms with Gasteiger partial charge in [-0.05, 0) is 49.8 Å². The number of hydrogen-bond acceptors (Lipinski definition) is 2. The lowest BCUT2D eigenvalue weighted by molar-refractivity contribution is 0.306. The number of hydrogen-bond donors (Lipinski definition) is 0. The Morgan fingerprint density at radius 2 is 1.47 bits per heavy atom. The van der Waals surface area contributed by atoms with Crippen LogP contribution in [-0.4, -0.2) is 13.7 Å². The molecule has 2 nitrogen and oxygen atoms in total. The molecule has 0 heterocycles. The van der Waals surface area contributed by atoms with Crippen molar-refractivity contribution in [1.29, 1.82) is 0 Å². The minimum atomic E-state index is 0.677. The molecule has 0 radical (unpaired) electrons. The molecule has 0 aliphatic carbocycles. The van der Waals surface area contributed by atoms with E-state index in [9.17, 15) is 0 Å². The molecule has 0 aliphatic rings. The number of ether oxygens (including phenoxy) is 2. The molecule has 2 heteroatoms. The van der Waals surface area contributed by atoms with Crippen LogP contribution in [0.15, 0.2) is 0 Å². The van der Waals surface area contributed by atoms with E-state index < -0.39 is 0 Å². The van der Waals surface area contributed by atoms with E-state index in [-0.39, 0.29) is 0 Å². The topological polar surface area (TPSA) is 18.5 Å². The third-order valence-electron chi connectivity index (χ3n) is 3.70. The van der Waals surface area contributed by atoms with Crippen molar-refractivity contribution >= 4 is 0 Å². The maximum atomic E-state index is 5.85. The molecule has 0 saturated heterocycles. The summed E-state index contributed by atoms with van der Waals surface area (Å²) in [5, 5.41) is 0. The van der Waals surface area contributed by atoms with E-state index in [1.165, 1.54) is 22.3 Å². The van der Waals surface area contributed by atoms with Gasteiger partial charge in [-0.15, -0.1) is 0 Å². The first-order chi connectivity index (χ1) is 9.15. The van der Waals surface area contributed by atoms with Crippen molar-refractivity contribution < 1.29 is 9.47 Å². The molecule has 1 rings (SSSR count). The van der Waals surface area contributed by atoms with Gasteiger partial charge in [0.2, 0.25) is 0 Å². The van der Waals surface area contributed by atoms with Crippen molar-refractivity contribution in [3.63, 3.8) is 0 Å². The lowest BCUT2D eigenvalue weighted by Gasteiger charge is -2.23. The van der Waals surface area contributed by atoms with Gasteiger partial charge in [-0.25, -0.2) is 0 Å². The Kier molecular flexibility index (Phi) is 6.20. The zero-order chi connectivity index (χ0) is 14.4. The third-order valence-corrected chi connectivity index (χ3v) is 3.70. The SMILES string of the molecule is CCCc1c(CC)c(C)c(OCC)c(OC)c1CC. The molecule has 108 valence electrons. The summed E-state index contributed by atoms with van der Waals surface area (Å²) in [5.41, 5.74) is 5.50. The molecule has 0 bridgehead atoms. The monoisotopic (exact) mass is 264 g/mol. The Hall–Kier alpha value is -1.18. The lowest BCUT2D eigenvalue weighted by Crippen LogP contribution is -2.08. The quantitative estimate of drug-likeness (QED) is 0.723. The van der Waals surface area contributed by atoms with Crippen LogP contribution in [0.3, 0.4) is 0 Å². The second kappa shape index (κ2) is 7.42. The highest BCUT2D eigenvalue weighted by atomic mass is 16.5. The van der Waals surface area contributed by atoms with Gasteiger partial charge in [0.25, 0.3) is 0 Å². The second-order valence-electron chi connectivity index (χ2n) is 4.81. The van der Waals surface area contributed by atoms with Crippen LogP contribution in [0.25, 0.3) is 0 Å². The van der Waals surface area contributed by atoms with Gasteiger partial charge < -0.3 is 9.47 Å². The molecule has 0 saturated carbocycles. The highest BCUT2D eigenvalue weighted by Gasteiger charge is 2.21. The van der Waals surface area contributed by atoms with Gasteiger partial charge in [0, 0.05) is 5.56 Å². The minimum absolute atomic E-state index is 0.677. The molecule has 1 aromatic carbocycles. The first-order valence-corrected chi connectivity index (χ1v) is 7.49. The van der Waals surface area contributed by atoms with Gasteiger partial charge in [0.15, 0.2) is 11.5 Å². The number of rotatable bonds is 7. The largest absolute Gasteiger partial charge is 0.493 e. The van der Waals surface area contributed by atoms with Crippen LogP contribution in [0.1, 0.15) is 56.4 Å². The fourth-order valence-corrected chi connectivity index (χ4v) is 2.93. The predicted octanol–water partition coefficient (Wildman–Crippen LogP) is 4.48. The summed E-state index contributed by atoms with van der Waals surface area (Å²) in [6.07, 6.45) is 4.33. The Morgan fingerprint density at radius 3 is 1.89 bits per heavy atom. The summed E-state index contributed by atoms with van der Waals surface area (Å²) in [6, 6.07) is 0. The summed E-state index contributed by atoms with van der Waals surface area (Å²) in [4.78, 5) is 0. The van der Waals surface area contributed by atoms with Crippen LogP contribution in [-0.2, 0) is 19.3 Å². The van der Waals surface area contributed by atoms with E-state index in [1.807, 2.05) is 6.92 Å². The normalized spacial score (nSPS) is 10.6. The van der Waals surface area contributed by atoms with Crippen molar-refractivity contribution in [2.75, 3.05) is 13.7 Å². The van der Waals surface area contributed by atoms with E-state index >= 15 is 0 Å². The van der Waals surface area contributed by atoms with Crippen LogP contribution >= 0.6 is 0 Å². The summed E-state index contributed by atoms with van der Waals surface area (Å²) < 4.78 is 11.5. The van der Waals surface area contributed by atoms with Crippen molar-refractivity contribution in [3.8, 4) is 11.5 Å². The standard InChI is InChI=1S/C17H28O2/c1-7-11-15-13(8-2)12(5)16(19-10-4)17(18-6)14(15)9-3/h7-11H2,1-6H3. The summed E-state index contributed by atoms with van der Waals surface area (Å²) in [6.45, 7) is 11.5. The van der Waals surface area contributed by atoms with Gasteiger partial charge in [-0.2, -0.15) is 0 Å². The van der Waals surface area contributed by atoms with Gasteiger partial charge in [-0.3, -0.25) is 0 Å². The fourth-order valence-electron chi connectivity index (χ4n) is 2.93. The van der Waals surface area contributed by atoms with Gasteiger partial charge in [0.05, 0.1) is 13.7 Å². The maximum absolute atomic E-state index is 5.85. The second-order valence-corrected chi connectivity index (χ2v) is 4.81. The average Bonchev–Trinajstić information content (AvgIpc) is 2.42. The van der Waals surface area contributed by atoms with Crippen molar-refractivity contribution in [1.82, 2.24) is 0 Å². The van der Waals surface area contributed by atoms with Gasteiger partial charge >= 0.3 is 0 Å². The van der Waals surface area contributed by atoms with E-state index in [1.54, 1.807) is 7.11 Å². The number of methoxy groups -OCH3 is 1. The zero-order valence-corrected chi connectivity index (χ0v) is 13.4. The van der Waals surface area contributed by atoms with Crippen LogP contribution in [0, 0.1) is 6.92 Å². The molecule has 0 aliphatic heterocycles. The molecule has 0 N–H and O–H groups in total. The molecule has 19 heavy (non-hydrogen) atoms. The maximum Gasteiger partial charge on any atom is 0.164 e. The Bertz CT molecular complexity index is 422. The molecule has 0 unspecified atom stereocenters. The van der Waals surface area contributed by atoms with E-state index in [0.717, 1.165) is 37.2 Å². The van der Waals surface area contributed by atoms with Crippen LogP contribution in [0.5, 0.6) is 11.5 Å². The van der Waals surface area contributed by atoms with E-state index in [4.69, 9.17) is 9.47 Å². The Labute approximate surface area is 118 Å². The highest BCUT2D eigenvalue weighted by molar-refractivity contribution is 5.59. The number of benzene rings is 1. The summed E-state index contributed by atoms with van der Waals surface area (Å²) in [7, 11) is 1.75. The van der Waals surface area contributed by atoms with Crippen LogP contribution in [0.4, 0.5) is 0 Å². The van der Waals surface area contributed by atoms with E-state index in [2.05, 4.69) is 27.7 Å². The Balaban J connectivity index is 3.59. The van der Waals surface area contributed by atoms with Gasteiger partial charge in [-0.1, -0.05) is 27.2 Å². The van der Waals surface area contributed by atoms with Crippen LogP contribution < -0.4 is 9.47 Å². The summed E-state index contributed by atoms with van der Waals surface area (Å²) >= 11 is 0. The molecule has 1 aromatic rings. The smallest absolute Gasteiger partial charge is 0.164 e. The molecule has 0 spiro atoms. The predicted molar refractivity (Wildman–Crippen MR) is 81.7 cm³/mol. The van der Waals surface area contributed by atoms with Gasteiger partial charge in [0.1, 0.15) is 0 Å². The van der Waals surface area contributed by atoms with Crippen LogP contribution in [0.2, 0.25) is 0 Å². The van der Waals surface area contributed by atoms with Crippen molar-refractivity contribution in [3.05, 3.63) is 22.3 Å². The van der Waals surface area contributed by atoms with Crippen molar-refractivity contribution in [2.24, 2.45) is 0 Å². The minimum Gasteiger partial charge on any atom is -0.493 e. The molecule has 0 amide bonds. The molecule has 0 aromatic heterocycles. The Morgan fingerprint density at radius 1 is 0.842 bits per heavy atom. The molecule has 0 fully saturated rings. The first kappa shape index (κ1) is 15.9. The molecular weight excluding hydrogens is 236 g/mol. The summed E-state index contributed by atoms with van der Waals surface area (Å²) in [5.74, 6) is 1.89. The highest BCUT2D eigenvalue weighted by Crippen LogP contribution is 2.41. The fraction of sp³-hybridized carbons (Fsp3) is 0.647. The first-order valence-electron chi connectivity index (χ1n) is 7.49. The lowest BCUT2D eigenvalue weighted by atomic mass is 9.89. The van der Waals surface area contributed by atoms with E-state index in [0.29, 0.717) is 6.61 Å². The molecule has 0 atom stereocenters. The molecular formula is C17H28O2. The average molecular weight is 264 g/mol. The van der Waals surface area contributed by atoms with Crippen molar-refractivity contribution in [2.45, 2.75) is 60.3 Å². The third kappa shape index (κ3) is 3.05.